The molecule has 0 bridgehead atoms. The predicted octanol–water partition coefficient (Wildman–Crippen LogP) is 10.6. The second-order valence-corrected chi connectivity index (χ2v) is 12.1. The van der Waals surface area contributed by atoms with E-state index in [0.29, 0.717) is 18.3 Å². The van der Waals surface area contributed by atoms with Crippen molar-refractivity contribution in [1.82, 2.24) is 0 Å². The smallest absolute Gasteiger partial charge is 0.133 e. The van der Waals surface area contributed by atoms with Gasteiger partial charge in [0.25, 0.3) is 0 Å². The molecule has 0 spiro atoms. The fraction of sp³-hybridized carbons (Fsp3) is 0.389. The van der Waals surface area contributed by atoms with Crippen LogP contribution in [-0.2, 0) is 0 Å². The van der Waals surface area contributed by atoms with Gasteiger partial charge in [-0.15, -0.1) is 0 Å². The zero-order chi connectivity index (χ0) is 32.2. The van der Waals surface area contributed by atoms with Crippen LogP contribution in [0.5, 0.6) is 34.5 Å². The first-order valence-electron chi connectivity index (χ1n) is 14.8. The van der Waals surface area contributed by atoms with Crippen LogP contribution in [0.2, 0.25) is 0 Å². The molecule has 6 nitrogen and oxygen atoms in total. The number of methoxy groups -OCH3 is 5. The van der Waals surface area contributed by atoms with Crippen LogP contribution in [0.4, 0.5) is 0 Å². The third kappa shape index (κ3) is 8.98. The van der Waals surface area contributed by atoms with E-state index in [2.05, 4.69) is 58.7 Å². The van der Waals surface area contributed by atoms with E-state index in [0.717, 1.165) is 78.4 Å². The Hall–Kier alpha value is -3.10. The first kappa shape index (κ1) is 35.4. The van der Waals surface area contributed by atoms with Crippen molar-refractivity contribution < 1.29 is 28.4 Å². The molecule has 0 amide bonds. The Bertz CT molecular complexity index is 1460. The molecule has 0 aliphatic carbocycles. The summed E-state index contributed by atoms with van der Waals surface area (Å²) >= 11 is 7.10. The van der Waals surface area contributed by atoms with Crippen LogP contribution in [-0.4, -0.2) is 42.2 Å². The number of hydrogen-bond donors (Lipinski definition) is 0. The monoisotopic (exact) mass is 730 g/mol. The maximum atomic E-state index is 6.59. The lowest BCUT2D eigenvalue weighted by atomic mass is 9.99. The molecule has 3 rings (SSSR count). The number of ether oxygens (including phenoxy) is 6. The summed E-state index contributed by atoms with van der Waals surface area (Å²) in [7, 11) is 8.30. The molecule has 0 aromatic heterocycles. The number of allylic oxidation sites excluding steroid dienone is 1. The summed E-state index contributed by atoms with van der Waals surface area (Å²) < 4.78 is 36.5. The fourth-order valence-corrected chi connectivity index (χ4v) is 5.88. The molecule has 0 radical (unpaired) electrons. The molecule has 8 heteroatoms. The molecule has 0 saturated carbocycles. The van der Waals surface area contributed by atoms with E-state index in [4.69, 9.17) is 28.4 Å². The molecule has 3 aromatic rings. The maximum Gasteiger partial charge on any atom is 0.133 e. The van der Waals surface area contributed by atoms with Crippen molar-refractivity contribution in [3.63, 3.8) is 0 Å². The molecule has 0 heterocycles. The molecule has 3 aromatic carbocycles. The largest absolute Gasteiger partial charge is 0.496 e. The van der Waals surface area contributed by atoms with E-state index in [1.54, 1.807) is 35.5 Å². The maximum absolute atomic E-state index is 6.59. The average Bonchev–Trinajstić information content (AvgIpc) is 3.04. The Morgan fingerprint density at radius 3 is 1.70 bits per heavy atom. The van der Waals surface area contributed by atoms with Crippen LogP contribution in [0.1, 0.15) is 68.7 Å². The van der Waals surface area contributed by atoms with Crippen molar-refractivity contribution in [2.45, 2.75) is 46.5 Å². The Morgan fingerprint density at radius 2 is 1.16 bits per heavy atom. The second kappa shape index (κ2) is 17.4. The summed E-state index contributed by atoms with van der Waals surface area (Å²) in [5.74, 6) is 4.88. The number of halogens is 2. The van der Waals surface area contributed by atoms with Gasteiger partial charge in [0, 0.05) is 22.3 Å². The van der Waals surface area contributed by atoms with Gasteiger partial charge in [-0.1, -0.05) is 45.3 Å². The second-order valence-electron chi connectivity index (χ2n) is 10.4. The number of hydrogen-bond acceptors (Lipinski definition) is 6. The van der Waals surface area contributed by atoms with Crippen molar-refractivity contribution in [2.24, 2.45) is 5.92 Å². The number of benzene rings is 3. The highest BCUT2D eigenvalue weighted by Gasteiger charge is 2.16. The molecular formula is C36H44Br2O6. The van der Waals surface area contributed by atoms with Crippen LogP contribution in [0.15, 0.2) is 45.3 Å². The van der Waals surface area contributed by atoms with Gasteiger partial charge in [-0.05, 0) is 99.2 Å². The van der Waals surface area contributed by atoms with Gasteiger partial charge >= 0.3 is 0 Å². The highest BCUT2D eigenvalue weighted by molar-refractivity contribution is 9.11. The Morgan fingerprint density at radius 1 is 0.659 bits per heavy atom. The van der Waals surface area contributed by atoms with Gasteiger partial charge in [0.05, 0.1) is 51.1 Å². The molecule has 1 unspecified atom stereocenters. The van der Waals surface area contributed by atoms with E-state index < -0.39 is 0 Å². The van der Waals surface area contributed by atoms with Crippen molar-refractivity contribution in [1.29, 1.82) is 0 Å². The zero-order valence-corrected chi connectivity index (χ0v) is 30.2. The first-order chi connectivity index (χ1) is 21.2. The van der Waals surface area contributed by atoms with E-state index in [9.17, 15) is 0 Å². The summed E-state index contributed by atoms with van der Waals surface area (Å²) in [5, 5.41) is 0. The summed E-state index contributed by atoms with van der Waals surface area (Å²) in [6.45, 7) is 7.14. The molecule has 1 atom stereocenters. The molecule has 0 aliphatic rings. The fourth-order valence-electron chi connectivity index (χ4n) is 4.92. The minimum atomic E-state index is 0.476. The number of unbranched alkanes of at least 4 members (excludes halogenated alkanes) is 1. The molecule has 0 fully saturated rings. The van der Waals surface area contributed by atoms with Crippen LogP contribution in [0.3, 0.4) is 0 Å². The standard InChI is InChI=1S/C36H44Br2O6/c1-9-11-12-24(10-2)22-44-33-16-25(13-14-26-17-35(42-7)29(37)20-32(26)40-5)31(39-4)18-27(33)15-23(3)28-19-36(43-8)30(38)21-34(28)41-6/h13-21,24H,9-12,22H2,1-8H3/b14-13+,23-15+. The van der Waals surface area contributed by atoms with Crippen LogP contribution >= 0.6 is 31.9 Å². The Labute approximate surface area is 279 Å². The summed E-state index contributed by atoms with van der Waals surface area (Å²) in [5.41, 5.74) is 4.58. The van der Waals surface area contributed by atoms with Gasteiger partial charge in [0.15, 0.2) is 0 Å². The van der Waals surface area contributed by atoms with Gasteiger partial charge in [-0.3, -0.25) is 0 Å². The van der Waals surface area contributed by atoms with E-state index >= 15 is 0 Å². The van der Waals surface area contributed by atoms with Crippen molar-refractivity contribution >= 4 is 55.7 Å². The molecule has 0 saturated heterocycles. The first-order valence-corrected chi connectivity index (χ1v) is 16.4. The van der Waals surface area contributed by atoms with Gasteiger partial charge in [0.1, 0.15) is 34.5 Å². The summed E-state index contributed by atoms with van der Waals surface area (Å²) in [4.78, 5) is 0. The Kier molecular flexibility index (Phi) is 14.0. The SMILES string of the molecule is CCCCC(CC)COc1cc(/C=C/c2cc(OC)c(Br)cc2OC)c(OC)cc1/C=C(\C)c1cc(OC)c(Br)cc1OC. The van der Waals surface area contributed by atoms with Crippen LogP contribution in [0, 0.1) is 5.92 Å². The van der Waals surface area contributed by atoms with E-state index in [-0.39, 0.29) is 0 Å². The van der Waals surface area contributed by atoms with Crippen molar-refractivity contribution in [3.8, 4) is 34.5 Å². The molecule has 0 aliphatic heterocycles. The highest BCUT2D eigenvalue weighted by Crippen LogP contribution is 2.40. The predicted molar refractivity (Wildman–Crippen MR) is 189 cm³/mol. The van der Waals surface area contributed by atoms with E-state index in [1.165, 1.54) is 12.8 Å². The lowest BCUT2D eigenvalue weighted by Gasteiger charge is -2.19. The van der Waals surface area contributed by atoms with Crippen molar-refractivity contribution in [3.05, 3.63) is 67.6 Å². The quantitative estimate of drug-likeness (QED) is 0.137. The van der Waals surface area contributed by atoms with Gasteiger partial charge in [0.2, 0.25) is 0 Å². The van der Waals surface area contributed by atoms with Gasteiger partial charge in [-0.25, -0.2) is 0 Å². The minimum absolute atomic E-state index is 0.476. The summed E-state index contributed by atoms with van der Waals surface area (Å²) in [6.07, 6.45) is 10.7. The van der Waals surface area contributed by atoms with Crippen LogP contribution in [0.25, 0.3) is 23.8 Å². The van der Waals surface area contributed by atoms with Crippen molar-refractivity contribution in [2.75, 3.05) is 42.2 Å². The minimum Gasteiger partial charge on any atom is -0.496 e. The lowest BCUT2D eigenvalue weighted by Crippen LogP contribution is -2.12. The molecule has 44 heavy (non-hydrogen) atoms. The van der Waals surface area contributed by atoms with E-state index in [1.807, 2.05) is 48.6 Å². The zero-order valence-electron chi connectivity index (χ0n) is 27.0. The van der Waals surface area contributed by atoms with Gasteiger partial charge in [-0.2, -0.15) is 0 Å². The topological polar surface area (TPSA) is 55.4 Å². The lowest BCUT2D eigenvalue weighted by molar-refractivity contribution is 0.232. The third-order valence-corrected chi connectivity index (χ3v) is 8.84. The Balaban J connectivity index is 2.14. The molecule has 0 N–H and O–H groups in total. The normalized spacial score (nSPS) is 12.3. The third-order valence-electron chi connectivity index (χ3n) is 7.60. The number of rotatable bonds is 16. The summed E-state index contributed by atoms with van der Waals surface area (Å²) in [6, 6.07) is 11.8. The highest BCUT2D eigenvalue weighted by atomic mass is 79.9. The average molecular weight is 733 g/mol. The molecule has 238 valence electrons. The van der Waals surface area contributed by atoms with Gasteiger partial charge < -0.3 is 28.4 Å². The molecular weight excluding hydrogens is 688 g/mol. The van der Waals surface area contributed by atoms with Crippen LogP contribution < -0.4 is 28.4 Å².